The van der Waals surface area contributed by atoms with Gasteiger partial charge in [-0.05, 0) is 61.5 Å². The zero-order chi connectivity index (χ0) is 21.3. The van der Waals surface area contributed by atoms with Gasteiger partial charge in [0.05, 0.1) is 16.6 Å². The Balaban J connectivity index is 1.49. The first-order valence-corrected chi connectivity index (χ1v) is 9.33. The molecule has 2 amide bonds. The van der Waals surface area contributed by atoms with Gasteiger partial charge in [-0.2, -0.15) is 0 Å². The normalized spacial score (nSPS) is 10.7. The number of primary amides is 1. The average molecular weight is 400 g/mol. The van der Waals surface area contributed by atoms with Crippen molar-refractivity contribution in [1.82, 2.24) is 9.55 Å². The minimum absolute atomic E-state index is 0.219. The average Bonchev–Trinajstić information content (AvgIpc) is 3.03. The number of imidazole rings is 1. The van der Waals surface area contributed by atoms with Crippen molar-refractivity contribution in [1.29, 1.82) is 0 Å². The van der Waals surface area contributed by atoms with E-state index in [-0.39, 0.29) is 5.91 Å². The van der Waals surface area contributed by atoms with Crippen LogP contribution in [0.1, 0.15) is 26.5 Å². The Bertz CT molecular complexity index is 1260. The quantitative estimate of drug-likeness (QED) is 0.528. The molecule has 0 aliphatic heterocycles. The number of nitrogens with zero attached hydrogens (tertiary/aromatic N) is 2. The molecule has 1 heterocycles. The number of ether oxygens (including phenoxy) is 1. The van der Waals surface area contributed by atoms with Gasteiger partial charge in [-0.1, -0.05) is 12.1 Å². The standard InChI is InChI=1S/C23H20N4O3/c1-14-25-19-12-7-15(13-20(19)27(14)2)23(29)26-16-8-10-17(11-9-16)30-21-6-4-3-5-18(21)22(24)28/h3-13H,1-2H3,(H2,24,28)(H,26,29). The van der Waals surface area contributed by atoms with Crippen LogP contribution in [0.25, 0.3) is 11.0 Å². The van der Waals surface area contributed by atoms with Gasteiger partial charge in [-0.3, -0.25) is 9.59 Å². The topological polar surface area (TPSA) is 99.2 Å². The lowest BCUT2D eigenvalue weighted by molar-refractivity contribution is 0.0995. The molecular weight excluding hydrogens is 380 g/mol. The highest BCUT2D eigenvalue weighted by atomic mass is 16.5. The van der Waals surface area contributed by atoms with Gasteiger partial charge in [0, 0.05) is 18.3 Å². The number of hydrogen-bond donors (Lipinski definition) is 2. The number of carbonyl (C=O) groups is 2. The summed E-state index contributed by atoms with van der Waals surface area (Å²) in [7, 11) is 1.92. The number of nitrogens with two attached hydrogens (primary N) is 1. The fourth-order valence-corrected chi connectivity index (χ4v) is 3.15. The highest BCUT2D eigenvalue weighted by Gasteiger charge is 2.12. The van der Waals surface area contributed by atoms with Gasteiger partial charge < -0.3 is 20.4 Å². The number of anilines is 1. The minimum Gasteiger partial charge on any atom is -0.457 e. The summed E-state index contributed by atoms with van der Waals surface area (Å²) in [6.45, 7) is 1.92. The van der Waals surface area contributed by atoms with Crippen LogP contribution in [0.2, 0.25) is 0 Å². The molecular formula is C23H20N4O3. The van der Waals surface area contributed by atoms with Crippen molar-refractivity contribution in [2.75, 3.05) is 5.32 Å². The van der Waals surface area contributed by atoms with E-state index < -0.39 is 5.91 Å². The van der Waals surface area contributed by atoms with Crippen LogP contribution in [-0.4, -0.2) is 21.4 Å². The van der Waals surface area contributed by atoms with Crippen molar-refractivity contribution in [3.63, 3.8) is 0 Å². The monoisotopic (exact) mass is 400 g/mol. The highest BCUT2D eigenvalue weighted by molar-refractivity contribution is 6.06. The number of amides is 2. The van der Waals surface area contributed by atoms with E-state index in [2.05, 4.69) is 10.3 Å². The number of fused-ring (bicyclic) bond motifs is 1. The molecule has 0 aliphatic rings. The Labute approximate surface area is 173 Å². The molecule has 0 atom stereocenters. The fraction of sp³-hybridized carbons (Fsp3) is 0.0870. The van der Waals surface area contributed by atoms with Gasteiger partial charge in [0.2, 0.25) is 0 Å². The Hall–Kier alpha value is -4.13. The van der Waals surface area contributed by atoms with E-state index in [4.69, 9.17) is 10.5 Å². The predicted molar refractivity (Wildman–Crippen MR) is 115 cm³/mol. The van der Waals surface area contributed by atoms with Crippen LogP contribution in [0.3, 0.4) is 0 Å². The SMILES string of the molecule is Cc1nc2ccc(C(=O)Nc3ccc(Oc4ccccc4C(N)=O)cc3)cc2n1C. The molecule has 4 aromatic rings. The Morgan fingerprint density at radius 3 is 2.50 bits per heavy atom. The molecule has 7 nitrogen and oxygen atoms in total. The number of nitrogens with one attached hydrogen (secondary N) is 1. The first-order valence-electron chi connectivity index (χ1n) is 9.33. The minimum atomic E-state index is -0.560. The summed E-state index contributed by atoms with van der Waals surface area (Å²) in [5, 5.41) is 2.87. The maximum absolute atomic E-state index is 12.6. The Morgan fingerprint density at radius 1 is 1.03 bits per heavy atom. The number of aromatic nitrogens is 2. The Morgan fingerprint density at radius 2 is 1.77 bits per heavy atom. The summed E-state index contributed by atoms with van der Waals surface area (Å²) in [6.07, 6.45) is 0. The van der Waals surface area contributed by atoms with Gasteiger partial charge in [-0.15, -0.1) is 0 Å². The molecule has 0 spiro atoms. The molecule has 150 valence electrons. The summed E-state index contributed by atoms with van der Waals surface area (Å²) in [5.74, 6) is 1.00. The van der Waals surface area contributed by atoms with Crippen molar-refractivity contribution in [2.45, 2.75) is 6.92 Å². The van der Waals surface area contributed by atoms with Crippen LogP contribution >= 0.6 is 0 Å². The van der Waals surface area contributed by atoms with Crippen molar-refractivity contribution in [3.8, 4) is 11.5 Å². The lowest BCUT2D eigenvalue weighted by Crippen LogP contribution is -2.12. The van der Waals surface area contributed by atoms with E-state index in [1.807, 2.05) is 30.7 Å². The largest absolute Gasteiger partial charge is 0.457 e. The van der Waals surface area contributed by atoms with E-state index in [1.165, 1.54) is 0 Å². The van der Waals surface area contributed by atoms with Gasteiger partial charge >= 0.3 is 0 Å². The van der Waals surface area contributed by atoms with E-state index in [0.717, 1.165) is 16.9 Å². The smallest absolute Gasteiger partial charge is 0.255 e. The Kier molecular flexibility index (Phi) is 4.93. The first-order chi connectivity index (χ1) is 14.4. The number of rotatable bonds is 5. The second kappa shape index (κ2) is 7.71. The molecule has 0 aliphatic carbocycles. The van der Waals surface area contributed by atoms with Crippen LogP contribution in [0, 0.1) is 6.92 Å². The summed E-state index contributed by atoms with van der Waals surface area (Å²) in [6, 6.07) is 19.0. The molecule has 0 unspecified atom stereocenters. The maximum Gasteiger partial charge on any atom is 0.255 e. The highest BCUT2D eigenvalue weighted by Crippen LogP contribution is 2.26. The number of carbonyl (C=O) groups excluding carboxylic acids is 2. The van der Waals surface area contributed by atoms with Crippen LogP contribution in [0.5, 0.6) is 11.5 Å². The van der Waals surface area contributed by atoms with Crippen LogP contribution in [0.4, 0.5) is 5.69 Å². The van der Waals surface area contributed by atoms with Gasteiger partial charge in [0.25, 0.3) is 11.8 Å². The lowest BCUT2D eigenvalue weighted by atomic mass is 10.1. The van der Waals surface area contributed by atoms with E-state index in [0.29, 0.717) is 28.3 Å². The van der Waals surface area contributed by atoms with Crippen molar-refractivity contribution < 1.29 is 14.3 Å². The number of hydrogen-bond acceptors (Lipinski definition) is 4. The molecule has 0 saturated carbocycles. The van der Waals surface area contributed by atoms with Gasteiger partial charge in [0.1, 0.15) is 17.3 Å². The van der Waals surface area contributed by atoms with E-state index >= 15 is 0 Å². The molecule has 0 saturated heterocycles. The maximum atomic E-state index is 12.6. The molecule has 1 aromatic heterocycles. The fourth-order valence-electron chi connectivity index (χ4n) is 3.15. The van der Waals surface area contributed by atoms with Crippen molar-refractivity contribution in [2.24, 2.45) is 12.8 Å². The molecule has 0 radical (unpaired) electrons. The lowest BCUT2D eigenvalue weighted by Gasteiger charge is -2.10. The molecule has 4 rings (SSSR count). The molecule has 3 N–H and O–H groups in total. The van der Waals surface area contributed by atoms with Gasteiger partial charge in [0.15, 0.2) is 0 Å². The van der Waals surface area contributed by atoms with Crippen LogP contribution in [0.15, 0.2) is 66.7 Å². The van der Waals surface area contributed by atoms with Gasteiger partial charge in [-0.25, -0.2) is 4.98 Å². The first kappa shape index (κ1) is 19.2. The second-order valence-corrected chi connectivity index (χ2v) is 6.86. The molecule has 7 heteroatoms. The third kappa shape index (κ3) is 3.73. The van der Waals surface area contributed by atoms with E-state index in [1.54, 1.807) is 54.6 Å². The predicted octanol–water partition coefficient (Wildman–Crippen LogP) is 4.03. The second-order valence-electron chi connectivity index (χ2n) is 6.86. The number of para-hydroxylation sites is 1. The van der Waals surface area contributed by atoms with Crippen LogP contribution in [-0.2, 0) is 7.05 Å². The molecule has 30 heavy (non-hydrogen) atoms. The molecule has 3 aromatic carbocycles. The molecule has 0 fully saturated rings. The third-order valence-electron chi connectivity index (χ3n) is 4.86. The summed E-state index contributed by atoms with van der Waals surface area (Å²) in [5.41, 5.74) is 8.59. The van der Waals surface area contributed by atoms with Crippen molar-refractivity contribution >= 4 is 28.5 Å². The van der Waals surface area contributed by atoms with E-state index in [9.17, 15) is 9.59 Å². The van der Waals surface area contributed by atoms with Crippen LogP contribution < -0.4 is 15.8 Å². The zero-order valence-corrected chi connectivity index (χ0v) is 16.5. The summed E-state index contributed by atoms with van der Waals surface area (Å²) in [4.78, 5) is 28.6. The summed E-state index contributed by atoms with van der Waals surface area (Å²) >= 11 is 0. The third-order valence-corrected chi connectivity index (χ3v) is 4.86. The number of aryl methyl sites for hydroxylation is 2. The number of benzene rings is 3. The summed E-state index contributed by atoms with van der Waals surface area (Å²) < 4.78 is 7.70. The molecule has 0 bridgehead atoms. The van der Waals surface area contributed by atoms with Crippen molar-refractivity contribution in [3.05, 3.63) is 83.7 Å². The zero-order valence-electron chi connectivity index (χ0n) is 16.5.